The van der Waals surface area contributed by atoms with Crippen molar-refractivity contribution >= 4 is 59.2 Å². The Balaban J connectivity index is 0.000000146. The minimum absolute atomic E-state index is 0.233. The zero-order chi connectivity index (χ0) is 18.0. The number of methoxy groups -OCH3 is 2. The zero-order valence-corrected chi connectivity index (χ0v) is 16.3. The van der Waals surface area contributed by atoms with Gasteiger partial charge >= 0.3 is 0 Å². The van der Waals surface area contributed by atoms with Crippen LogP contribution in [0.3, 0.4) is 0 Å². The summed E-state index contributed by atoms with van der Waals surface area (Å²) in [5.41, 5.74) is 0. The number of halogens is 3. The SMILES string of the molecule is COc1c(F)cc2cnsc2c1Br.COc1cc2sncc2cc1F. The van der Waals surface area contributed by atoms with Gasteiger partial charge in [-0.3, -0.25) is 0 Å². The molecule has 0 radical (unpaired) electrons. The number of fused-ring (bicyclic) bond motifs is 2. The van der Waals surface area contributed by atoms with Crippen LogP contribution in [0.1, 0.15) is 0 Å². The second-order valence-electron chi connectivity index (χ2n) is 4.80. The van der Waals surface area contributed by atoms with Crippen molar-refractivity contribution in [3.8, 4) is 11.5 Å². The summed E-state index contributed by atoms with van der Waals surface area (Å²) in [4.78, 5) is 0. The minimum Gasteiger partial charge on any atom is -0.494 e. The van der Waals surface area contributed by atoms with Crippen LogP contribution in [0.4, 0.5) is 8.78 Å². The van der Waals surface area contributed by atoms with Gasteiger partial charge in [0.05, 0.1) is 28.1 Å². The fraction of sp³-hybridized carbons (Fsp3) is 0.125. The van der Waals surface area contributed by atoms with Crippen molar-refractivity contribution in [2.24, 2.45) is 0 Å². The fourth-order valence-electron chi connectivity index (χ4n) is 2.14. The highest BCUT2D eigenvalue weighted by Crippen LogP contribution is 2.37. The molecule has 2 aromatic carbocycles. The van der Waals surface area contributed by atoms with Crippen molar-refractivity contribution < 1.29 is 18.3 Å². The van der Waals surface area contributed by atoms with Crippen LogP contribution in [0.25, 0.3) is 20.2 Å². The molecular weight excluding hydrogens is 434 g/mol. The van der Waals surface area contributed by atoms with Crippen molar-refractivity contribution in [3.05, 3.63) is 46.7 Å². The summed E-state index contributed by atoms with van der Waals surface area (Å²) in [5.74, 6) is -0.212. The quantitative estimate of drug-likeness (QED) is 0.400. The normalized spacial score (nSPS) is 10.6. The molecule has 0 saturated carbocycles. The maximum atomic E-state index is 13.3. The molecule has 0 aliphatic rings. The highest BCUT2D eigenvalue weighted by molar-refractivity contribution is 9.10. The van der Waals surface area contributed by atoms with E-state index >= 15 is 0 Å². The molecule has 0 aliphatic heterocycles. The number of nitrogens with zero attached hydrogens (tertiary/aromatic N) is 2. The molecule has 0 fully saturated rings. The summed E-state index contributed by atoms with van der Waals surface area (Å²) >= 11 is 5.91. The van der Waals surface area contributed by atoms with Crippen LogP contribution in [0, 0.1) is 11.6 Å². The Morgan fingerprint density at radius 3 is 2.32 bits per heavy atom. The second-order valence-corrected chi connectivity index (χ2v) is 7.23. The predicted molar refractivity (Wildman–Crippen MR) is 100.0 cm³/mol. The lowest BCUT2D eigenvalue weighted by Crippen LogP contribution is -1.88. The summed E-state index contributed by atoms with van der Waals surface area (Å²) in [6, 6.07) is 4.50. The summed E-state index contributed by atoms with van der Waals surface area (Å²) in [6.07, 6.45) is 3.27. The van der Waals surface area contributed by atoms with E-state index in [1.807, 2.05) is 0 Å². The van der Waals surface area contributed by atoms with Crippen molar-refractivity contribution in [2.45, 2.75) is 0 Å². The average Bonchev–Trinajstić information content (AvgIpc) is 3.23. The van der Waals surface area contributed by atoms with Crippen LogP contribution < -0.4 is 9.47 Å². The molecular formula is C16H11BrF2N2O2S2. The summed E-state index contributed by atoms with van der Waals surface area (Å²) < 4.78 is 46.4. The van der Waals surface area contributed by atoms with Gasteiger partial charge in [0.2, 0.25) is 0 Å². The second kappa shape index (κ2) is 7.59. The van der Waals surface area contributed by atoms with Gasteiger partial charge in [-0.2, -0.15) is 8.75 Å². The van der Waals surface area contributed by atoms with E-state index in [9.17, 15) is 8.78 Å². The third-order valence-corrected chi connectivity index (χ3v) is 5.94. The first-order valence-corrected chi connectivity index (χ1v) is 9.23. The van der Waals surface area contributed by atoms with Crippen LogP contribution in [0.2, 0.25) is 0 Å². The molecule has 2 aromatic heterocycles. The summed E-state index contributed by atoms with van der Waals surface area (Å²) in [6.45, 7) is 0. The third kappa shape index (κ3) is 3.58. The molecule has 0 N–H and O–H groups in total. The number of hydrogen-bond acceptors (Lipinski definition) is 6. The first kappa shape index (κ1) is 18.0. The van der Waals surface area contributed by atoms with Crippen LogP contribution in [0.5, 0.6) is 11.5 Å². The monoisotopic (exact) mass is 444 g/mol. The average molecular weight is 445 g/mol. The Morgan fingerprint density at radius 2 is 1.60 bits per heavy atom. The molecule has 130 valence electrons. The lowest BCUT2D eigenvalue weighted by atomic mass is 10.2. The van der Waals surface area contributed by atoms with Gasteiger partial charge < -0.3 is 9.47 Å². The number of rotatable bonds is 2. The van der Waals surface area contributed by atoms with E-state index in [0.29, 0.717) is 4.47 Å². The Hall–Kier alpha value is -1.84. The molecule has 4 nitrogen and oxygen atoms in total. The van der Waals surface area contributed by atoms with Crippen LogP contribution in [-0.2, 0) is 0 Å². The molecule has 0 spiro atoms. The van der Waals surface area contributed by atoms with E-state index in [2.05, 4.69) is 24.7 Å². The zero-order valence-electron chi connectivity index (χ0n) is 13.0. The van der Waals surface area contributed by atoms with Gasteiger partial charge in [-0.05, 0) is 51.1 Å². The molecule has 4 rings (SSSR count). The lowest BCUT2D eigenvalue weighted by Gasteiger charge is -2.04. The van der Waals surface area contributed by atoms with Gasteiger partial charge in [0.1, 0.15) is 0 Å². The van der Waals surface area contributed by atoms with Crippen molar-refractivity contribution in [3.63, 3.8) is 0 Å². The largest absolute Gasteiger partial charge is 0.494 e. The van der Waals surface area contributed by atoms with E-state index in [0.717, 1.165) is 20.2 Å². The Kier molecular flexibility index (Phi) is 5.45. The number of hydrogen-bond donors (Lipinski definition) is 0. The Bertz CT molecular complexity index is 1040. The first-order chi connectivity index (χ1) is 12.0. The van der Waals surface area contributed by atoms with Gasteiger partial charge in [-0.25, -0.2) is 8.78 Å². The molecule has 0 unspecified atom stereocenters. The number of aromatic nitrogens is 2. The van der Waals surface area contributed by atoms with Crippen LogP contribution in [-0.4, -0.2) is 23.0 Å². The number of ether oxygens (including phenoxy) is 2. The van der Waals surface area contributed by atoms with Crippen molar-refractivity contribution in [1.82, 2.24) is 8.75 Å². The van der Waals surface area contributed by atoms with Crippen LogP contribution in [0.15, 0.2) is 35.1 Å². The molecule has 0 amide bonds. The maximum absolute atomic E-state index is 13.3. The minimum atomic E-state index is -0.373. The molecule has 0 atom stereocenters. The van der Waals surface area contributed by atoms with Gasteiger partial charge in [-0.1, -0.05) is 0 Å². The van der Waals surface area contributed by atoms with E-state index in [-0.39, 0.29) is 23.1 Å². The summed E-state index contributed by atoms with van der Waals surface area (Å²) in [7, 11) is 2.89. The Morgan fingerprint density at radius 1 is 0.920 bits per heavy atom. The molecule has 25 heavy (non-hydrogen) atoms. The van der Waals surface area contributed by atoms with Crippen molar-refractivity contribution in [2.75, 3.05) is 14.2 Å². The Labute approximate surface area is 158 Å². The molecule has 9 heteroatoms. The van der Waals surface area contributed by atoms with E-state index < -0.39 is 0 Å². The number of benzene rings is 2. The van der Waals surface area contributed by atoms with E-state index in [1.165, 1.54) is 49.4 Å². The predicted octanol–water partition coefficient (Wildman–Crippen LogP) is 5.65. The smallest absolute Gasteiger partial charge is 0.170 e. The molecule has 0 saturated heterocycles. The van der Waals surface area contributed by atoms with Gasteiger partial charge in [0.25, 0.3) is 0 Å². The van der Waals surface area contributed by atoms with Gasteiger partial charge in [-0.15, -0.1) is 0 Å². The van der Waals surface area contributed by atoms with E-state index in [4.69, 9.17) is 9.47 Å². The van der Waals surface area contributed by atoms with Gasteiger partial charge in [0, 0.05) is 29.2 Å². The van der Waals surface area contributed by atoms with E-state index in [1.54, 1.807) is 18.5 Å². The third-order valence-electron chi connectivity index (χ3n) is 3.33. The van der Waals surface area contributed by atoms with Gasteiger partial charge in [0.15, 0.2) is 23.1 Å². The molecule has 0 bridgehead atoms. The lowest BCUT2D eigenvalue weighted by molar-refractivity contribution is 0.385. The van der Waals surface area contributed by atoms with Crippen molar-refractivity contribution in [1.29, 1.82) is 0 Å². The molecule has 2 heterocycles. The van der Waals surface area contributed by atoms with Crippen LogP contribution >= 0.6 is 39.0 Å². The highest BCUT2D eigenvalue weighted by atomic mass is 79.9. The maximum Gasteiger partial charge on any atom is 0.170 e. The molecule has 0 aliphatic carbocycles. The first-order valence-electron chi connectivity index (χ1n) is 6.89. The fourth-order valence-corrected chi connectivity index (χ4v) is 4.26. The highest BCUT2D eigenvalue weighted by Gasteiger charge is 2.13. The summed E-state index contributed by atoms with van der Waals surface area (Å²) in [5, 5.41) is 1.61. The topological polar surface area (TPSA) is 44.2 Å². The standard InChI is InChI=1S/C8H5BrFNOS.C8H6FNOS/c1-12-7-5(10)2-4-3-11-13-8(4)6(7)9;1-11-7-3-8-5(2-6(7)9)4-10-12-8/h2-3H,1H3;2-4H,1H3. The molecule has 4 aromatic rings.